The molecule has 1 aromatic rings. The lowest BCUT2D eigenvalue weighted by atomic mass is 9.73. The van der Waals surface area contributed by atoms with Gasteiger partial charge in [0.15, 0.2) is 9.84 Å². The van der Waals surface area contributed by atoms with E-state index in [4.69, 9.17) is 4.74 Å². The number of aliphatic hydroxyl groups is 2. The number of benzene rings is 1. The average Bonchev–Trinajstić information content (AvgIpc) is 2.67. The smallest absolute Gasteiger partial charge is 0.151 e. The number of sulfone groups is 1. The van der Waals surface area contributed by atoms with Gasteiger partial charge in [0.1, 0.15) is 17.8 Å². The molecule has 0 spiro atoms. The summed E-state index contributed by atoms with van der Waals surface area (Å²) >= 11 is 0. The van der Waals surface area contributed by atoms with Crippen molar-refractivity contribution in [1.82, 2.24) is 5.32 Å². The maximum Gasteiger partial charge on any atom is 0.151 e. The molecule has 3 rings (SSSR count). The van der Waals surface area contributed by atoms with Gasteiger partial charge < -0.3 is 14.9 Å². The summed E-state index contributed by atoms with van der Waals surface area (Å²) in [5.41, 5.74) is 0.992. The molecular weight excluding hydrogens is 394 g/mol. The highest BCUT2D eigenvalue weighted by Gasteiger charge is 2.40. The first-order valence-electron chi connectivity index (χ1n) is 10.3. The number of aliphatic hydroxyl groups excluding tert-OH is 2. The van der Waals surface area contributed by atoms with Gasteiger partial charge >= 0.3 is 0 Å². The summed E-state index contributed by atoms with van der Waals surface area (Å²) in [7, 11) is -3.04. The Morgan fingerprint density at radius 2 is 1.76 bits per heavy atom. The van der Waals surface area contributed by atoms with Crippen molar-refractivity contribution in [3.8, 4) is 5.75 Å². The quantitative estimate of drug-likeness (QED) is 0.631. The lowest BCUT2D eigenvalue weighted by Gasteiger charge is -2.36. The van der Waals surface area contributed by atoms with E-state index in [1.54, 1.807) is 6.92 Å². The van der Waals surface area contributed by atoms with Gasteiger partial charge in [-0.25, -0.2) is 8.42 Å². The predicted octanol–water partition coefficient (Wildman–Crippen LogP) is 1.38. The van der Waals surface area contributed by atoms with Crippen LogP contribution >= 0.6 is 0 Å². The molecule has 1 heterocycles. The van der Waals surface area contributed by atoms with Crippen LogP contribution in [0.4, 0.5) is 0 Å². The number of ether oxygens (including phenoxy) is 1. The Balaban J connectivity index is 1.56. The van der Waals surface area contributed by atoms with Crippen LogP contribution in [0.25, 0.3) is 0 Å². The van der Waals surface area contributed by atoms with Gasteiger partial charge in [-0.3, -0.25) is 10.1 Å². The summed E-state index contributed by atoms with van der Waals surface area (Å²) in [6.45, 7) is 2.13. The zero-order chi connectivity index (χ0) is 21.2. The van der Waals surface area contributed by atoms with Gasteiger partial charge in [0.25, 0.3) is 0 Å². The summed E-state index contributed by atoms with van der Waals surface area (Å²) in [5.74, 6) is -0.115. The molecule has 1 saturated carbocycles. The third-order valence-electron chi connectivity index (χ3n) is 6.16. The SMILES string of the molecule is CCC(=O)C1C(O)CC(c2ccc(OC3CCC(S(C)(=O)=O)CN3)cc2)C[C@@H]1O. The first-order valence-corrected chi connectivity index (χ1v) is 12.2. The molecule has 1 aromatic carbocycles. The van der Waals surface area contributed by atoms with Gasteiger partial charge in [-0.15, -0.1) is 0 Å². The van der Waals surface area contributed by atoms with Crippen LogP contribution in [0.15, 0.2) is 24.3 Å². The number of hydrogen-bond acceptors (Lipinski definition) is 7. The molecule has 2 aliphatic rings. The standard InChI is InChI=1S/C21H31NO6S/c1-3-17(23)21-18(24)10-14(11-19(21)25)13-4-6-15(7-5-13)28-20-9-8-16(12-22-20)29(2,26)27/h4-7,14,16,18-22,24-25H,3,8-12H2,1-2H3/t14?,16?,18-,19?,20?,21?/m0/s1. The minimum atomic E-state index is -3.04. The Morgan fingerprint density at radius 1 is 1.14 bits per heavy atom. The highest BCUT2D eigenvalue weighted by Crippen LogP contribution is 2.37. The Morgan fingerprint density at radius 3 is 2.24 bits per heavy atom. The van der Waals surface area contributed by atoms with E-state index in [9.17, 15) is 23.4 Å². The van der Waals surface area contributed by atoms with Gasteiger partial charge in [-0.2, -0.15) is 0 Å². The fourth-order valence-corrected chi connectivity index (χ4v) is 5.38. The van der Waals surface area contributed by atoms with Crippen LogP contribution in [0, 0.1) is 5.92 Å². The van der Waals surface area contributed by atoms with Crippen LogP contribution in [-0.4, -0.2) is 60.9 Å². The Hall–Kier alpha value is -1.48. The fourth-order valence-electron chi connectivity index (χ4n) is 4.42. The van der Waals surface area contributed by atoms with E-state index >= 15 is 0 Å². The van der Waals surface area contributed by atoms with Gasteiger partial charge in [0, 0.05) is 19.2 Å². The Labute approximate surface area is 172 Å². The van der Waals surface area contributed by atoms with Gasteiger partial charge in [-0.05, 0) is 49.3 Å². The fraction of sp³-hybridized carbons (Fsp3) is 0.667. The van der Waals surface area contributed by atoms with E-state index in [1.165, 1.54) is 6.26 Å². The average molecular weight is 426 g/mol. The van der Waals surface area contributed by atoms with E-state index in [1.807, 2.05) is 24.3 Å². The second-order valence-corrected chi connectivity index (χ2v) is 10.6. The maximum absolute atomic E-state index is 12.0. The molecule has 0 bridgehead atoms. The number of carbonyl (C=O) groups excluding carboxylic acids is 1. The molecule has 5 unspecified atom stereocenters. The topological polar surface area (TPSA) is 113 Å². The van der Waals surface area contributed by atoms with E-state index in [2.05, 4.69) is 5.32 Å². The zero-order valence-corrected chi connectivity index (χ0v) is 17.8. The molecule has 0 aromatic heterocycles. The van der Waals surface area contributed by atoms with Crippen molar-refractivity contribution < 1.29 is 28.2 Å². The second kappa shape index (κ2) is 9.12. The third-order valence-corrected chi connectivity index (χ3v) is 7.77. The van der Waals surface area contributed by atoms with Crippen molar-refractivity contribution in [3.05, 3.63) is 29.8 Å². The van der Waals surface area contributed by atoms with Crippen LogP contribution in [0.1, 0.15) is 50.5 Å². The minimum absolute atomic E-state index is 0.0155. The molecule has 0 radical (unpaired) electrons. The molecule has 1 saturated heterocycles. The zero-order valence-electron chi connectivity index (χ0n) is 17.0. The van der Waals surface area contributed by atoms with Gasteiger partial charge in [0.2, 0.25) is 0 Å². The van der Waals surface area contributed by atoms with Gasteiger partial charge in [-0.1, -0.05) is 19.1 Å². The second-order valence-electron chi connectivity index (χ2n) is 8.26. The van der Waals surface area contributed by atoms with Crippen LogP contribution < -0.4 is 10.1 Å². The maximum atomic E-state index is 12.0. The van der Waals surface area contributed by atoms with Crippen molar-refractivity contribution >= 4 is 15.6 Å². The summed E-state index contributed by atoms with van der Waals surface area (Å²) in [6, 6.07) is 7.54. The number of Topliss-reactive ketones (excluding diaryl/α,β-unsaturated/α-hetero) is 1. The van der Waals surface area contributed by atoms with E-state index in [0.29, 0.717) is 44.4 Å². The van der Waals surface area contributed by atoms with Crippen molar-refractivity contribution in [2.45, 2.75) is 68.6 Å². The monoisotopic (exact) mass is 425 g/mol. The highest BCUT2D eigenvalue weighted by atomic mass is 32.2. The molecule has 0 amide bonds. The van der Waals surface area contributed by atoms with Crippen LogP contribution in [0.2, 0.25) is 0 Å². The van der Waals surface area contributed by atoms with Crippen LogP contribution in [-0.2, 0) is 14.6 Å². The highest BCUT2D eigenvalue weighted by molar-refractivity contribution is 7.91. The number of piperidine rings is 1. The summed E-state index contributed by atoms with van der Waals surface area (Å²) in [6.07, 6.45) is 1.78. The third kappa shape index (κ3) is 5.36. The first-order chi connectivity index (χ1) is 13.7. The summed E-state index contributed by atoms with van der Waals surface area (Å²) in [5, 5.41) is 23.5. The molecule has 2 fully saturated rings. The van der Waals surface area contributed by atoms with Crippen molar-refractivity contribution in [2.24, 2.45) is 5.92 Å². The largest absolute Gasteiger partial charge is 0.475 e. The number of ketones is 1. The lowest BCUT2D eigenvalue weighted by Crippen LogP contribution is -2.47. The van der Waals surface area contributed by atoms with E-state index in [0.717, 1.165) is 5.56 Å². The molecule has 6 atom stereocenters. The van der Waals surface area contributed by atoms with E-state index in [-0.39, 0.29) is 23.2 Å². The molecule has 1 aliphatic heterocycles. The van der Waals surface area contributed by atoms with Crippen LogP contribution in [0.3, 0.4) is 0 Å². The number of carbonyl (C=O) groups is 1. The number of rotatable bonds is 6. The predicted molar refractivity (Wildman–Crippen MR) is 110 cm³/mol. The molecule has 7 nitrogen and oxygen atoms in total. The van der Waals surface area contributed by atoms with Crippen LogP contribution in [0.5, 0.6) is 5.75 Å². The molecule has 29 heavy (non-hydrogen) atoms. The molecule has 8 heteroatoms. The summed E-state index contributed by atoms with van der Waals surface area (Å²) in [4.78, 5) is 12.0. The van der Waals surface area contributed by atoms with Crippen molar-refractivity contribution in [2.75, 3.05) is 12.8 Å². The van der Waals surface area contributed by atoms with E-state index < -0.39 is 28.0 Å². The lowest BCUT2D eigenvalue weighted by molar-refractivity contribution is -0.135. The number of nitrogens with one attached hydrogen (secondary N) is 1. The molecule has 162 valence electrons. The summed E-state index contributed by atoms with van der Waals surface area (Å²) < 4.78 is 29.2. The molecular formula is C21H31NO6S. The Kier molecular flexibility index (Phi) is 6.98. The minimum Gasteiger partial charge on any atom is -0.475 e. The Bertz CT molecular complexity index is 789. The molecule has 1 aliphatic carbocycles. The number of hydrogen-bond donors (Lipinski definition) is 3. The van der Waals surface area contributed by atoms with Gasteiger partial charge in [0.05, 0.1) is 23.4 Å². The van der Waals surface area contributed by atoms with Crippen molar-refractivity contribution in [1.29, 1.82) is 0 Å². The molecule has 3 N–H and O–H groups in total. The van der Waals surface area contributed by atoms with Crippen molar-refractivity contribution in [3.63, 3.8) is 0 Å². The normalized spacial score (nSPS) is 33.2. The first kappa shape index (κ1) is 22.2.